The van der Waals surface area contributed by atoms with Crippen molar-refractivity contribution in [2.45, 2.75) is 25.6 Å². The molecule has 0 aromatic heterocycles. The van der Waals surface area contributed by atoms with E-state index in [4.69, 9.17) is 0 Å². The molecule has 0 aliphatic carbocycles. The molecule has 0 bridgehead atoms. The van der Waals surface area contributed by atoms with Gasteiger partial charge in [0.1, 0.15) is 0 Å². The zero-order valence-electron chi connectivity index (χ0n) is 10.6. The van der Waals surface area contributed by atoms with E-state index in [-0.39, 0.29) is 12.0 Å². The summed E-state index contributed by atoms with van der Waals surface area (Å²) in [7, 11) is 1.13. The van der Waals surface area contributed by atoms with Gasteiger partial charge in [0.05, 0.1) is 24.7 Å². The molecule has 19 heavy (non-hydrogen) atoms. The first-order valence-corrected chi connectivity index (χ1v) is 5.75. The van der Waals surface area contributed by atoms with Gasteiger partial charge in [0.15, 0.2) is 0 Å². The fraction of sp³-hybridized carbons (Fsp3) is 0.462. The lowest BCUT2D eigenvalue weighted by Crippen LogP contribution is -2.25. The maximum atomic E-state index is 12.8. The minimum Gasteiger partial charge on any atom is -0.469 e. The van der Waals surface area contributed by atoms with E-state index in [2.05, 4.69) is 4.74 Å². The van der Waals surface area contributed by atoms with Crippen LogP contribution in [-0.2, 0) is 15.7 Å². The number of aliphatic hydroxyl groups excluding tert-OH is 1. The third kappa shape index (κ3) is 3.47. The van der Waals surface area contributed by atoms with Gasteiger partial charge in [-0.1, -0.05) is 25.1 Å². The van der Waals surface area contributed by atoms with E-state index in [9.17, 15) is 23.1 Å². The number of halogens is 3. The highest BCUT2D eigenvalue weighted by Crippen LogP contribution is 2.37. The highest BCUT2D eigenvalue weighted by atomic mass is 19.4. The molecule has 0 fully saturated rings. The fourth-order valence-corrected chi connectivity index (χ4v) is 1.90. The smallest absolute Gasteiger partial charge is 0.416 e. The van der Waals surface area contributed by atoms with Crippen LogP contribution in [-0.4, -0.2) is 18.2 Å². The summed E-state index contributed by atoms with van der Waals surface area (Å²) < 4.78 is 43.0. The summed E-state index contributed by atoms with van der Waals surface area (Å²) >= 11 is 0. The molecule has 1 aromatic carbocycles. The maximum Gasteiger partial charge on any atom is 0.416 e. The second-order valence-corrected chi connectivity index (χ2v) is 4.07. The first kappa shape index (κ1) is 15.5. The molecule has 0 spiro atoms. The Hall–Kier alpha value is -1.56. The monoisotopic (exact) mass is 276 g/mol. The van der Waals surface area contributed by atoms with Crippen LogP contribution in [0.25, 0.3) is 0 Å². The summed E-state index contributed by atoms with van der Waals surface area (Å²) in [6.45, 7) is 1.60. The largest absolute Gasteiger partial charge is 0.469 e. The van der Waals surface area contributed by atoms with E-state index in [0.717, 1.165) is 13.2 Å². The average Bonchev–Trinajstić information content (AvgIpc) is 2.38. The molecule has 0 saturated carbocycles. The molecule has 0 amide bonds. The van der Waals surface area contributed by atoms with Crippen molar-refractivity contribution in [2.24, 2.45) is 5.92 Å². The summed E-state index contributed by atoms with van der Waals surface area (Å²) in [4.78, 5) is 11.5. The van der Waals surface area contributed by atoms with E-state index >= 15 is 0 Å². The molecular weight excluding hydrogens is 261 g/mol. The number of methoxy groups -OCH3 is 1. The van der Waals surface area contributed by atoms with Gasteiger partial charge in [0, 0.05) is 0 Å². The Bertz CT molecular complexity index is 443. The molecule has 0 heterocycles. The number of carbonyl (C=O) groups excluding carboxylic acids is 1. The lowest BCUT2D eigenvalue weighted by Gasteiger charge is -2.22. The molecule has 1 rings (SSSR count). The molecular formula is C13H15F3O3. The Labute approximate surface area is 109 Å². The van der Waals surface area contributed by atoms with Crippen LogP contribution in [0.15, 0.2) is 24.3 Å². The molecule has 3 nitrogen and oxygen atoms in total. The van der Waals surface area contributed by atoms with Crippen molar-refractivity contribution < 1.29 is 27.8 Å². The summed E-state index contributed by atoms with van der Waals surface area (Å²) in [5.41, 5.74) is -1.25. The molecule has 0 aliphatic heterocycles. The number of rotatable bonds is 4. The van der Waals surface area contributed by atoms with Crippen molar-refractivity contribution in [3.05, 3.63) is 35.4 Å². The summed E-state index contributed by atoms with van der Waals surface area (Å²) in [6, 6.07) is 4.66. The van der Waals surface area contributed by atoms with Crippen LogP contribution >= 0.6 is 0 Å². The highest BCUT2D eigenvalue weighted by Gasteiger charge is 2.37. The Kier molecular flexibility index (Phi) is 4.94. The van der Waals surface area contributed by atoms with Gasteiger partial charge < -0.3 is 9.84 Å². The number of benzene rings is 1. The molecule has 2 unspecified atom stereocenters. The average molecular weight is 276 g/mol. The van der Waals surface area contributed by atoms with Gasteiger partial charge >= 0.3 is 12.1 Å². The van der Waals surface area contributed by atoms with Gasteiger partial charge in [0.25, 0.3) is 0 Å². The van der Waals surface area contributed by atoms with Gasteiger partial charge in [-0.2, -0.15) is 13.2 Å². The molecule has 2 atom stereocenters. The van der Waals surface area contributed by atoms with Crippen LogP contribution in [0, 0.1) is 5.92 Å². The van der Waals surface area contributed by atoms with E-state index in [0.29, 0.717) is 0 Å². The zero-order valence-corrected chi connectivity index (χ0v) is 10.6. The predicted octanol–water partition coefficient (Wildman–Crippen LogP) is 2.94. The van der Waals surface area contributed by atoms with Crippen LogP contribution in [0.1, 0.15) is 30.6 Å². The maximum absolute atomic E-state index is 12.8. The minimum absolute atomic E-state index is 0.181. The second-order valence-electron chi connectivity index (χ2n) is 4.07. The first-order chi connectivity index (χ1) is 8.82. The number of hydrogen-bond donors (Lipinski definition) is 1. The molecule has 0 radical (unpaired) electrons. The van der Waals surface area contributed by atoms with Crippen LogP contribution < -0.4 is 0 Å². The van der Waals surface area contributed by atoms with Crippen LogP contribution in [0.2, 0.25) is 0 Å². The number of hydrogen-bond acceptors (Lipinski definition) is 3. The summed E-state index contributed by atoms with van der Waals surface area (Å²) in [5.74, 6) is -1.75. The third-order valence-electron chi connectivity index (χ3n) is 2.91. The Balaban J connectivity index is 3.19. The van der Waals surface area contributed by atoms with Gasteiger partial charge in [-0.05, 0) is 18.1 Å². The summed E-state index contributed by atoms with van der Waals surface area (Å²) in [5, 5.41) is 10.0. The Morgan fingerprint density at radius 1 is 1.37 bits per heavy atom. The van der Waals surface area contributed by atoms with Gasteiger partial charge in [-0.3, -0.25) is 4.79 Å². The minimum atomic E-state index is -4.58. The molecule has 1 N–H and O–H groups in total. The highest BCUT2D eigenvalue weighted by molar-refractivity contribution is 5.73. The van der Waals surface area contributed by atoms with Crippen LogP contribution in [0.4, 0.5) is 13.2 Å². The van der Waals surface area contributed by atoms with Crippen molar-refractivity contribution in [1.29, 1.82) is 0 Å². The van der Waals surface area contributed by atoms with Crippen molar-refractivity contribution in [3.63, 3.8) is 0 Å². The fourth-order valence-electron chi connectivity index (χ4n) is 1.90. The van der Waals surface area contributed by atoms with Crippen LogP contribution in [0.5, 0.6) is 0 Å². The topological polar surface area (TPSA) is 46.5 Å². The van der Waals surface area contributed by atoms with Crippen molar-refractivity contribution in [3.8, 4) is 0 Å². The zero-order chi connectivity index (χ0) is 14.6. The number of ether oxygens (including phenoxy) is 1. The van der Waals surface area contributed by atoms with Gasteiger partial charge in [-0.25, -0.2) is 0 Å². The Morgan fingerprint density at radius 2 is 1.95 bits per heavy atom. The molecule has 106 valence electrons. The van der Waals surface area contributed by atoms with Gasteiger partial charge in [0.2, 0.25) is 0 Å². The predicted molar refractivity (Wildman–Crippen MR) is 62.2 cm³/mol. The van der Waals surface area contributed by atoms with E-state index in [1.807, 2.05) is 0 Å². The number of esters is 1. The Morgan fingerprint density at radius 3 is 2.42 bits per heavy atom. The van der Waals surface area contributed by atoms with E-state index < -0.39 is 29.7 Å². The van der Waals surface area contributed by atoms with Gasteiger partial charge in [-0.15, -0.1) is 0 Å². The standard InChI is InChI=1S/C13H15F3O3/c1-3-8(12(18)19-2)11(17)9-6-4-5-7-10(9)13(14,15)16/h4-8,11,17H,3H2,1-2H3. The molecule has 0 aliphatic rings. The third-order valence-corrected chi connectivity index (χ3v) is 2.91. The lowest BCUT2D eigenvalue weighted by molar-refractivity contribution is -0.151. The normalized spacial score (nSPS) is 14.8. The number of carbonyl (C=O) groups is 1. The van der Waals surface area contributed by atoms with Crippen LogP contribution in [0.3, 0.4) is 0 Å². The first-order valence-electron chi connectivity index (χ1n) is 5.75. The lowest BCUT2D eigenvalue weighted by atomic mass is 9.90. The number of alkyl halides is 3. The number of aliphatic hydroxyl groups is 1. The van der Waals surface area contributed by atoms with E-state index in [1.54, 1.807) is 6.92 Å². The van der Waals surface area contributed by atoms with Crippen molar-refractivity contribution >= 4 is 5.97 Å². The molecule has 0 saturated heterocycles. The SMILES string of the molecule is CCC(C(=O)OC)C(O)c1ccccc1C(F)(F)F. The molecule has 6 heteroatoms. The second kappa shape index (κ2) is 6.06. The van der Waals surface area contributed by atoms with Crippen molar-refractivity contribution in [2.75, 3.05) is 7.11 Å². The quantitative estimate of drug-likeness (QED) is 0.860. The van der Waals surface area contributed by atoms with E-state index in [1.165, 1.54) is 18.2 Å². The summed E-state index contributed by atoms with van der Waals surface area (Å²) in [6.07, 6.45) is -5.94. The molecule has 1 aromatic rings. The van der Waals surface area contributed by atoms with Crippen molar-refractivity contribution in [1.82, 2.24) is 0 Å².